The lowest BCUT2D eigenvalue weighted by atomic mass is 9.98. The third-order valence-electron chi connectivity index (χ3n) is 3.85. The third kappa shape index (κ3) is 2.12. The van der Waals surface area contributed by atoms with E-state index in [-0.39, 0.29) is 17.6 Å². The van der Waals surface area contributed by atoms with Gasteiger partial charge in [-0.2, -0.15) is 0 Å². The quantitative estimate of drug-likeness (QED) is 0.775. The van der Waals surface area contributed by atoms with Crippen LogP contribution >= 0.6 is 0 Å². The van der Waals surface area contributed by atoms with Gasteiger partial charge >= 0.3 is 0 Å². The summed E-state index contributed by atoms with van der Waals surface area (Å²) in [6.07, 6.45) is 0. The van der Waals surface area contributed by atoms with E-state index in [4.69, 9.17) is 10.2 Å². The first-order valence-corrected chi connectivity index (χ1v) is 6.79. The van der Waals surface area contributed by atoms with Crippen LogP contribution in [0.4, 0.5) is 5.69 Å². The van der Waals surface area contributed by atoms with Crippen LogP contribution in [0.1, 0.15) is 24.4 Å². The number of fused-ring (bicyclic) bond motifs is 1. The maximum Gasteiger partial charge on any atom is 0.290 e. The molecule has 1 saturated heterocycles. The van der Waals surface area contributed by atoms with Gasteiger partial charge in [0.05, 0.1) is 0 Å². The molecule has 1 aromatic heterocycles. The molecule has 6 heteroatoms. The molecule has 0 bridgehead atoms. The zero-order chi connectivity index (χ0) is 15.2. The Labute approximate surface area is 121 Å². The summed E-state index contributed by atoms with van der Waals surface area (Å²) in [4.78, 5) is 26.1. The number of benzene rings is 1. The van der Waals surface area contributed by atoms with Crippen LogP contribution < -0.4 is 11.1 Å². The molecule has 0 unspecified atom stereocenters. The Balaban J connectivity index is 1.98. The summed E-state index contributed by atoms with van der Waals surface area (Å²) in [7, 11) is 0. The Morgan fingerprint density at radius 2 is 2.14 bits per heavy atom. The van der Waals surface area contributed by atoms with E-state index in [1.54, 1.807) is 38.1 Å². The monoisotopic (exact) mass is 287 g/mol. The number of piperazine rings is 1. The minimum atomic E-state index is -0.896. The van der Waals surface area contributed by atoms with Crippen LogP contribution in [-0.2, 0) is 4.79 Å². The van der Waals surface area contributed by atoms with Crippen molar-refractivity contribution in [2.75, 3.05) is 18.8 Å². The second kappa shape index (κ2) is 4.51. The number of nitrogens with one attached hydrogen (secondary N) is 1. The molecule has 2 heterocycles. The van der Waals surface area contributed by atoms with Crippen LogP contribution in [0.5, 0.6) is 0 Å². The summed E-state index contributed by atoms with van der Waals surface area (Å²) >= 11 is 0. The van der Waals surface area contributed by atoms with Crippen LogP contribution in [0.15, 0.2) is 28.7 Å². The Morgan fingerprint density at radius 1 is 1.38 bits per heavy atom. The fraction of sp³-hybridized carbons (Fsp3) is 0.333. The predicted molar refractivity (Wildman–Crippen MR) is 78.8 cm³/mol. The molecule has 3 N–H and O–H groups in total. The number of nitrogen functional groups attached to an aromatic ring is 1. The third-order valence-corrected chi connectivity index (χ3v) is 3.85. The van der Waals surface area contributed by atoms with Gasteiger partial charge in [0.15, 0.2) is 5.76 Å². The number of nitrogens with zero attached hydrogens (tertiary/aromatic N) is 1. The van der Waals surface area contributed by atoms with E-state index in [9.17, 15) is 9.59 Å². The highest BCUT2D eigenvalue weighted by Crippen LogP contribution is 2.26. The molecule has 0 radical (unpaired) electrons. The number of rotatable bonds is 1. The molecule has 1 aliphatic heterocycles. The van der Waals surface area contributed by atoms with Gasteiger partial charge in [-0.3, -0.25) is 9.59 Å². The normalized spacial score (nSPS) is 17.8. The van der Waals surface area contributed by atoms with Crippen LogP contribution in [0, 0.1) is 0 Å². The highest BCUT2D eigenvalue weighted by molar-refractivity contribution is 6.00. The van der Waals surface area contributed by atoms with Crippen LogP contribution in [0.25, 0.3) is 11.0 Å². The van der Waals surface area contributed by atoms with Crippen molar-refractivity contribution in [3.8, 4) is 0 Å². The van der Waals surface area contributed by atoms with Crippen molar-refractivity contribution in [1.29, 1.82) is 0 Å². The minimum Gasteiger partial charge on any atom is -0.451 e. The molecule has 2 amide bonds. The second-order valence-corrected chi connectivity index (χ2v) is 5.68. The molecule has 21 heavy (non-hydrogen) atoms. The first kappa shape index (κ1) is 13.5. The number of hydrogen-bond donors (Lipinski definition) is 2. The highest BCUT2D eigenvalue weighted by atomic mass is 16.3. The van der Waals surface area contributed by atoms with Gasteiger partial charge in [-0.25, -0.2) is 0 Å². The molecule has 1 aliphatic rings. The number of hydrogen-bond acceptors (Lipinski definition) is 4. The summed E-state index contributed by atoms with van der Waals surface area (Å²) in [5, 5.41) is 3.54. The van der Waals surface area contributed by atoms with Crippen molar-refractivity contribution in [1.82, 2.24) is 10.2 Å². The van der Waals surface area contributed by atoms with E-state index in [1.165, 1.54) is 4.90 Å². The SMILES string of the molecule is CC1(C)C(=O)NCCN1C(=O)c1cc2cc(N)ccc2o1. The summed E-state index contributed by atoms with van der Waals surface area (Å²) in [6, 6.07) is 6.87. The van der Waals surface area contributed by atoms with Crippen molar-refractivity contribution in [3.63, 3.8) is 0 Å². The Kier molecular flexibility index (Phi) is 2.90. The number of amides is 2. The highest BCUT2D eigenvalue weighted by Gasteiger charge is 2.41. The summed E-state index contributed by atoms with van der Waals surface area (Å²) < 4.78 is 5.59. The topological polar surface area (TPSA) is 88.6 Å². The fourth-order valence-electron chi connectivity index (χ4n) is 2.56. The van der Waals surface area contributed by atoms with Crippen LogP contribution in [0.3, 0.4) is 0 Å². The summed E-state index contributed by atoms with van der Waals surface area (Å²) in [6.45, 7) is 4.35. The molecule has 110 valence electrons. The lowest BCUT2D eigenvalue weighted by Crippen LogP contribution is -2.63. The molecule has 2 aromatic rings. The van der Waals surface area contributed by atoms with Gasteiger partial charge in [0.2, 0.25) is 5.91 Å². The molecule has 1 fully saturated rings. The zero-order valence-electron chi connectivity index (χ0n) is 12.0. The standard InChI is InChI=1S/C15H17N3O3/c1-15(2)14(20)17-5-6-18(15)13(19)12-8-9-7-10(16)3-4-11(9)21-12/h3-4,7-8H,5-6,16H2,1-2H3,(H,17,20). The van der Waals surface area contributed by atoms with Gasteiger partial charge in [0, 0.05) is 24.2 Å². The maximum atomic E-state index is 12.6. The Hall–Kier alpha value is -2.50. The molecule has 0 atom stereocenters. The van der Waals surface area contributed by atoms with Crippen LogP contribution in [0.2, 0.25) is 0 Å². The lowest BCUT2D eigenvalue weighted by molar-refractivity contribution is -0.133. The van der Waals surface area contributed by atoms with Gasteiger partial charge in [-0.15, -0.1) is 0 Å². The number of furan rings is 1. The van der Waals surface area contributed by atoms with Gasteiger partial charge in [0.25, 0.3) is 5.91 Å². The first-order valence-electron chi connectivity index (χ1n) is 6.79. The van der Waals surface area contributed by atoms with Crippen LogP contribution in [-0.4, -0.2) is 35.3 Å². The van der Waals surface area contributed by atoms with E-state index in [0.29, 0.717) is 24.4 Å². The van der Waals surface area contributed by atoms with E-state index < -0.39 is 5.54 Å². The minimum absolute atomic E-state index is 0.164. The van der Waals surface area contributed by atoms with Crippen molar-refractivity contribution in [2.24, 2.45) is 0 Å². The summed E-state index contributed by atoms with van der Waals surface area (Å²) in [5.41, 5.74) is 6.04. The average molecular weight is 287 g/mol. The Bertz CT molecular complexity index is 733. The van der Waals surface area contributed by atoms with Gasteiger partial charge < -0.3 is 20.4 Å². The Morgan fingerprint density at radius 3 is 2.90 bits per heavy atom. The number of nitrogens with two attached hydrogens (primary N) is 1. The van der Waals surface area contributed by atoms with Gasteiger partial charge in [-0.05, 0) is 38.1 Å². The lowest BCUT2D eigenvalue weighted by Gasteiger charge is -2.40. The van der Waals surface area contributed by atoms with E-state index in [0.717, 1.165) is 5.39 Å². The van der Waals surface area contributed by atoms with Crippen molar-refractivity contribution in [2.45, 2.75) is 19.4 Å². The zero-order valence-corrected chi connectivity index (χ0v) is 12.0. The number of anilines is 1. The van der Waals surface area contributed by atoms with Crippen molar-refractivity contribution in [3.05, 3.63) is 30.0 Å². The van der Waals surface area contributed by atoms with Gasteiger partial charge in [-0.1, -0.05) is 0 Å². The fourth-order valence-corrected chi connectivity index (χ4v) is 2.56. The smallest absolute Gasteiger partial charge is 0.290 e. The number of carbonyl (C=O) groups excluding carboxylic acids is 2. The van der Waals surface area contributed by atoms with Gasteiger partial charge in [0.1, 0.15) is 11.1 Å². The molecular formula is C15H17N3O3. The van der Waals surface area contributed by atoms with E-state index >= 15 is 0 Å². The molecule has 1 aromatic carbocycles. The molecular weight excluding hydrogens is 270 g/mol. The molecule has 0 saturated carbocycles. The second-order valence-electron chi connectivity index (χ2n) is 5.68. The van der Waals surface area contributed by atoms with E-state index in [2.05, 4.69) is 5.32 Å². The largest absolute Gasteiger partial charge is 0.451 e. The predicted octanol–water partition coefficient (Wildman–Crippen LogP) is 1.37. The molecule has 6 nitrogen and oxygen atoms in total. The van der Waals surface area contributed by atoms with Crippen molar-refractivity contribution < 1.29 is 14.0 Å². The average Bonchev–Trinajstić information content (AvgIpc) is 2.84. The number of carbonyl (C=O) groups is 2. The molecule has 3 rings (SSSR count). The molecule has 0 spiro atoms. The maximum absolute atomic E-state index is 12.6. The van der Waals surface area contributed by atoms with E-state index in [1.807, 2.05) is 0 Å². The first-order chi connectivity index (χ1) is 9.89. The molecule has 0 aliphatic carbocycles. The summed E-state index contributed by atoms with van der Waals surface area (Å²) in [5.74, 6) is -0.231. The van der Waals surface area contributed by atoms with Crippen molar-refractivity contribution >= 4 is 28.5 Å².